The van der Waals surface area contributed by atoms with Crippen molar-refractivity contribution in [3.8, 4) is 17.1 Å². The Hall–Kier alpha value is -1.84. The summed E-state index contributed by atoms with van der Waals surface area (Å²) in [6.07, 6.45) is 3.21. The van der Waals surface area contributed by atoms with Gasteiger partial charge < -0.3 is 9.26 Å². The van der Waals surface area contributed by atoms with E-state index in [1.807, 2.05) is 19.1 Å². The lowest BCUT2D eigenvalue weighted by atomic mass is 10.2. The van der Waals surface area contributed by atoms with Crippen molar-refractivity contribution < 1.29 is 9.26 Å². The number of hydrogen-bond donors (Lipinski definition) is 0. The smallest absolute Gasteiger partial charge is 0.223 e. The van der Waals surface area contributed by atoms with Gasteiger partial charge in [-0.1, -0.05) is 5.16 Å². The fourth-order valence-electron chi connectivity index (χ4n) is 1.19. The Bertz CT molecular complexity index is 398. The van der Waals surface area contributed by atoms with Gasteiger partial charge in [0, 0.05) is 12.3 Å². The zero-order valence-corrected chi connectivity index (χ0v) is 7.80. The monoisotopic (exact) mass is 190 g/mol. The van der Waals surface area contributed by atoms with Gasteiger partial charge in [-0.05, 0) is 19.1 Å². The van der Waals surface area contributed by atoms with Crippen LogP contribution in [-0.2, 0) is 0 Å². The van der Waals surface area contributed by atoms with Crippen LogP contribution in [0.2, 0.25) is 0 Å². The van der Waals surface area contributed by atoms with Gasteiger partial charge in [-0.25, -0.2) is 4.98 Å². The van der Waals surface area contributed by atoms with E-state index in [0.29, 0.717) is 12.5 Å². The van der Waals surface area contributed by atoms with Crippen molar-refractivity contribution in [3.63, 3.8) is 0 Å². The first-order chi connectivity index (χ1) is 6.92. The number of nitrogens with zero attached hydrogens (tertiary/aromatic N) is 2. The quantitative estimate of drug-likeness (QED) is 0.743. The minimum atomic E-state index is 0.585. The topological polar surface area (TPSA) is 48.2 Å². The predicted octanol–water partition coefficient (Wildman–Crippen LogP) is 2.14. The first-order valence-corrected chi connectivity index (χ1v) is 4.40. The Morgan fingerprint density at radius 3 is 3.07 bits per heavy atom. The molecule has 0 amide bonds. The predicted molar refractivity (Wildman–Crippen MR) is 50.9 cm³/mol. The van der Waals surface area contributed by atoms with Crippen LogP contribution in [0.15, 0.2) is 35.2 Å². The highest BCUT2D eigenvalue weighted by Gasteiger charge is 2.08. The highest BCUT2D eigenvalue weighted by molar-refractivity contribution is 5.63. The van der Waals surface area contributed by atoms with Crippen LogP contribution in [-0.4, -0.2) is 16.7 Å². The van der Waals surface area contributed by atoms with E-state index in [1.54, 1.807) is 12.3 Å². The lowest BCUT2D eigenvalue weighted by molar-refractivity contribution is 0.328. The number of rotatable bonds is 3. The van der Waals surface area contributed by atoms with Crippen molar-refractivity contribution in [3.05, 3.63) is 30.7 Å². The van der Waals surface area contributed by atoms with E-state index < -0.39 is 0 Å². The molecule has 2 heterocycles. The van der Waals surface area contributed by atoms with Crippen molar-refractivity contribution in [2.24, 2.45) is 0 Å². The van der Waals surface area contributed by atoms with E-state index in [4.69, 9.17) is 9.26 Å². The Balaban J connectivity index is 2.42. The van der Waals surface area contributed by atoms with Crippen LogP contribution < -0.4 is 4.74 Å². The highest BCUT2D eigenvalue weighted by atomic mass is 16.5. The fraction of sp³-hybridized carbons (Fsp3) is 0.200. The average Bonchev–Trinajstić information content (AvgIpc) is 2.72. The molecule has 2 aromatic rings. The molecule has 2 aromatic heterocycles. The molecule has 0 saturated carbocycles. The van der Waals surface area contributed by atoms with Gasteiger partial charge in [-0.2, -0.15) is 0 Å². The molecule has 0 N–H and O–H groups in total. The third-order valence-corrected chi connectivity index (χ3v) is 1.77. The summed E-state index contributed by atoms with van der Waals surface area (Å²) in [7, 11) is 0. The van der Waals surface area contributed by atoms with E-state index >= 15 is 0 Å². The van der Waals surface area contributed by atoms with Gasteiger partial charge in [0.1, 0.15) is 12.0 Å². The number of ether oxygens (including phenoxy) is 1. The SMILES string of the molecule is CCOc1ncccc1-c1ccon1. The number of pyridine rings is 1. The van der Waals surface area contributed by atoms with E-state index in [9.17, 15) is 0 Å². The van der Waals surface area contributed by atoms with Gasteiger partial charge in [0.15, 0.2) is 0 Å². The lowest BCUT2D eigenvalue weighted by Crippen LogP contribution is -1.96. The highest BCUT2D eigenvalue weighted by Crippen LogP contribution is 2.25. The van der Waals surface area contributed by atoms with Crippen LogP contribution >= 0.6 is 0 Å². The van der Waals surface area contributed by atoms with Crippen LogP contribution in [0.3, 0.4) is 0 Å². The molecule has 4 nitrogen and oxygen atoms in total. The third kappa shape index (κ3) is 1.59. The van der Waals surface area contributed by atoms with Crippen molar-refractivity contribution in [2.75, 3.05) is 6.61 Å². The molecular weight excluding hydrogens is 180 g/mol. The Morgan fingerprint density at radius 2 is 2.36 bits per heavy atom. The maximum absolute atomic E-state index is 5.37. The minimum absolute atomic E-state index is 0.585. The zero-order valence-electron chi connectivity index (χ0n) is 7.80. The standard InChI is InChI=1S/C10H10N2O2/c1-2-13-10-8(4-3-6-11-10)9-5-7-14-12-9/h3-7H,2H2,1H3. The Labute approximate surface area is 81.5 Å². The number of aromatic nitrogens is 2. The van der Waals surface area contributed by atoms with Crippen molar-refractivity contribution in [1.82, 2.24) is 10.1 Å². The second-order valence-electron chi connectivity index (χ2n) is 2.67. The Kier molecular flexibility index (Phi) is 2.44. The van der Waals surface area contributed by atoms with Crippen molar-refractivity contribution in [1.29, 1.82) is 0 Å². The van der Waals surface area contributed by atoms with E-state index in [-0.39, 0.29) is 0 Å². The maximum atomic E-state index is 5.37. The molecular formula is C10H10N2O2. The molecule has 0 spiro atoms. The molecule has 0 aliphatic carbocycles. The second-order valence-corrected chi connectivity index (χ2v) is 2.67. The second kappa shape index (κ2) is 3.91. The molecule has 0 atom stereocenters. The average molecular weight is 190 g/mol. The van der Waals surface area contributed by atoms with Crippen LogP contribution in [0.5, 0.6) is 5.88 Å². The van der Waals surface area contributed by atoms with Gasteiger partial charge in [0.25, 0.3) is 0 Å². The van der Waals surface area contributed by atoms with Gasteiger partial charge in [0.05, 0.1) is 12.2 Å². The van der Waals surface area contributed by atoms with Crippen LogP contribution in [0.25, 0.3) is 11.3 Å². The van der Waals surface area contributed by atoms with E-state index in [1.165, 1.54) is 6.26 Å². The normalized spacial score (nSPS) is 10.1. The zero-order chi connectivity index (χ0) is 9.80. The Morgan fingerprint density at radius 1 is 1.43 bits per heavy atom. The van der Waals surface area contributed by atoms with Crippen LogP contribution in [0.4, 0.5) is 0 Å². The van der Waals surface area contributed by atoms with Crippen molar-refractivity contribution >= 4 is 0 Å². The van der Waals surface area contributed by atoms with E-state index in [0.717, 1.165) is 11.3 Å². The summed E-state index contributed by atoms with van der Waals surface area (Å²) < 4.78 is 10.1. The third-order valence-electron chi connectivity index (χ3n) is 1.77. The van der Waals surface area contributed by atoms with E-state index in [2.05, 4.69) is 10.1 Å². The molecule has 0 bridgehead atoms. The molecule has 0 aliphatic heterocycles. The largest absolute Gasteiger partial charge is 0.477 e. The lowest BCUT2D eigenvalue weighted by Gasteiger charge is -2.04. The first-order valence-electron chi connectivity index (χ1n) is 4.40. The summed E-state index contributed by atoms with van der Waals surface area (Å²) in [4.78, 5) is 4.12. The molecule has 14 heavy (non-hydrogen) atoms. The van der Waals surface area contributed by atoms with Crippen molar-refractivity contribution in [2.45, 2.75) is 6.92 Å². The molecule has 0 aliphatic rings. The fourth-order valence-corrected chi connectivity index (χ4v) is 1.19. The minimum Gasteiger partial charge on any atom is -0.477 e. The molecule has 4 heteroatoms. The molecule has 0 radical (unpaired) electrons. The summed E-state index contributed by atoms with van der Waals surface area (Å²) in [5.41, 5.74) is 1.59. The first kappa shape index (κ1) is 8.74. The molecule has 0 unspecified atom stereocenters. The van der Waals surface area contributed by atoms with Crippen LogP contribution in [0, 0.1) is 0 Å². The number of hydrogen-bond acceptors (Lipinski definition) is 4. The summed E-state index contributed by atoms with van der Waals surface area (Å²) in [6, 6.07) is 5.52. The summed E-state index contributed by atoms with van der Waals surface area (Å²) >= 11 is 0. The van der Waals surface area contributed by atoms with Gasteiger partial charge >= 0.3 is 0 Å². The molecule has 0 fully saturated rings. The van der Waals surface area contributed by atoms with Gasteiger partial charge in [-0.15, -0.1) is 0 Å². The summed E-state index contributed by atoms with van der Waals surface area (Å²) in [5, 5.41) is 3.83. The molecule has 0 saturated heterocycles. The van der Waals surface area contributed by atoms with Gasteiger partial charge in [0.2, 0.25) is 5.88 Å². The maximum Gasteiger partial charge on any atom is 0.223 e. The van der Waals surface area contributed by atoms with Crippen LogP contribution in [0.1, 0.15) is 6.92 Å². The molecule has 0 aromatic carbocycles. The summed E-state index contributed by atoms with van der Waals surface area (Å²) in [6.45, 7) is 2.50. The molecule has 72 valence electrons. The molecule has 2 rings (SSSR count). The summed E-state index contributed by atoms with van der Waals surface area (Å²) in [5.74, 6) is 0.587. The van der Waals surface area contributed by atoms with Gasteiger partial charge in [-0.3, -0.25) is 0 Å².